The Hall–Kier alpha value is -2.09. The molecule has 0 aliphatic carbocycles. The van der Waals surface area contributed by atoms with E-state index in [4.69, 9.17) is 16.3 Å². The van der Waals surface area contributed by atoms with Gasteiger partial charge in [-0.05, 0) is 33.6 Å². The van der Waals surface area contributed by atoms with Gasteiger partial charge in [-0.25, -0.2) is 9.78 Å². The van der Waals surface area contributed by atoms with Gasteiger partial charge in [-0.3, -0.25) is 10.1 Å². The van der Waals surface area contributed by atoms with E-state index in [1.807, 2.05) is 20.8 Å². The number of rotatable bonds is 3. The molecule has 1 aromatic rings. The van der Waals surface area contributed by atoms with Gasteiger partial charge in [0, 0.05) is 25.2 Å². The van der Waals surface area contributed by atoms with Crippen molar-refractivity contribution in [2.45, 2.75) is 45.3 Å². The lowest BCUT2D eigenvalue weighted by Crippen LogP contribution is -2.47. The molecule has 9 heteroatoms. The lowest BCUT2D eigenvalue weighted by Gasteiger charge is -2.34. The molecule has 1 N–H and O–H groups in total. The monoisotopic (exact) mass is 356 g/mol. The van der Waals surface area contributed by atoms with Gasteiger partial charge in [0.05, 0.1) is 4.92 Å². The second-order valence-electron chi connectivity index (χ2n) is 6.69. The van der Waals surface area contributed by atoms with Gasteiger partial charge in [0.1, 0.15) is 22.6 Å². The third-order valence-corrected chi connectivity index (χ3v) is 3.69. The second kappa shape index (κ2) is 7.21. The molecular weight excluding hydrogens is 336 g/mol. The largest absolute Gasteiger partial charge is 0.444 e. The molecule has 1 amide bonds. The molecule has 0 radical (unpaired) electrons. The minimum absolute atomic E-state index is 0.122. The first kappa shape index (κ1) is 18.3. The number of carbonyl (C=O) groups excluding carboxylic acids is 1. The predicted octanol–water partition coefficient (Wildman–Crippen LogP) is 3.45. The average Bonchev–Trinajstić information content (AvgIpc) is 2.45. The normalized spacial score (nSPS) is 18.2. The van der Waals surface area contributed by atoms with Crippen LogP contribution in [0.1, 0.15) is 33.6 Å². The average molecular weight is 357 g/mol. The number of halogens is 1. The van der Waals surface area contributed by atoms with Crippen LogP contribution in [0, 0.1) is 10.1 Å². The summed E-state index contributed by atoms with van der Waals surface area (Å²) < 4.78 is 5.38. The highest BCUT2D eigenvalue weighted by Gasteiger charge is 2.28. The summed E-state index contributed by atoms with van der Waals surface area (Å²) >= 11 is 5.83. The number of nitrogens with zero attached hydrogens (tertiary/aromatic N) is 3. The lowest BCUT2D eigenvalue weighted by molar-refractivity contribution is -0.384. The number of nitro groups is 1. The molecule has 132 valence electrons. The zero-order valence-corrected chi connectivity index (χ0v) is 14.7. The molecule has 24 heavy (non-hydrogen) atoms. The Morgan fingerprint density at radius 1 is 1.54 bits per heavy atom. The minimum atomic E-state index is -0.561. The molecule has 1 aliphatic rings. The summed E-state index contributed by atoms with van der Waals surface area (Å²) in [6, 6.07) is 1.30. The summed E-state index contributed by atoms with van der Waals surface area (Å²) in [7, 11) is 0. The van der Waals surface area contributed by atoms with Crippen molar-refractivity contribution < 1.29 is 14.5 Å². The van der Waals surface area contributed by atoms with Crippen molar-refractivity contribution in [3.05, 3.63) is 27.5 Å². The number of ether oxygens (including phenoxy) is 1. The Morgan fingerprint density at radius 2 is 2.25 bits per heavy atom. The molecular formula is C15H21ClN4O4. The van der Waals surface area contributed by atoms with E-state index < -0.39 is 10.5 Å². The van der Waals surface area contributed by atoms with Crippen LogP contribution in [0.25, 0.3) is 0 Å². The van der Waals surface area contributed by atoms with Crippen molar-refractivity contribution in [2.75, 3.05) is 18.4 Å². The van der Waals surface area contributed by atoms with Crippen molar-refractivity contribution in [1.82, 2.24) is 9.88 Å². The number of anilines is 1. The van der Waals surface area contributed by atoms with Gasteiger partial charge in [-0.1, -0.05) is 11.6 Å². The summed E-state index contributed by atoms with van der Waals surface area (Å²) in [4.78, 5) is 28.1. The van der Waals surface area contributed by atoms with Crippen LogP contribution in [0.5, 0.6) is 0 Å². The highest BCUT2D eigenvalue weighted by Crippen LogP contribution is 2.28. The highest BCUT2D eigenvalue weighted by molar-refractivity contribution is 6.29. The van der Waals surface area contributed by atoms with Crippen molar-refractivity contribution in [3.63, 3.8) is 0 Å². The Morgan fingerprint density at radius 3 is 2.88 bits per heavy atom. The molecule has 0 aromatic carbocycles. The number of hydrogen-bond donors (Lipinski definition) is 1. The molecule has 0 bridgehead atoms. The van der Waals surface area contributed by atoms with E-state index in [0.717, 1.165) is 19.0 Å². The molecule has 2 rings (SSSR count). The van der Waals surface area contributed by atoms with E-state index in [1.165, 1.54) is 6.07 Å². The van der Waals surface area contributed by atoms with E-state index in [-0.39, 0.29) is 23.0 Å². The van der Waals surface area contributed by atoms with Gasteiger partial charge in [-0.15, -0.1) is 0 Å². The first-order chi connectivity index (χ1) is 11.2. The molecule has 0 unspecified atom stereocenters. The maximum Gasteiger partial charge on any atom is 0.410 e. The van der Waals surface area contributed by atoms with Crippen LogP contribution in [0.2, 0.25) is 5.15 Å². The predicted molar refractivity (Wildman–Crippen MR) is 90.4 cm³/mol. The zero-order valence-electron chi connectivity index (χ0n) is 13.9. The number of nitrogens with one attached hydrogen (secondary N) is 1. The van der Waals surface area contributed by atoms with Gasteiger partial charge in [0.15, 0.2) is 0 Å². The standard InChI is InChI=1S/C15H21ClN4O4/c1-15(2,3)24-14(21)19-6-4-5-10(9-19)18-11-7-13(16)17-8-12(11)20(22)23/h7-8,10H,4-6,9H2,1-3H3,(H,17,18)/t10-/m0/s1. The zero-order chi connectivity index (χ0) is 17.9. The number of carbonyl (C=O) groups is 1. The molecule has 1 fully saturated rings. The SMILES string of the molecule is CC(C)(C)OC(=O)N1CCC[C@H](Nc2cc(Cl)ncc2[N+](=O)[O-])C1. The fourth-order valence-electron chi connectivity index (χ4n) is 2.49. The van der Waals surface area contributed by atoms with E-state index in [2.05, 4.69) is 10.3 Å². The first-order valence-corrected chi connectivity index (χ1v) is 8.08. The van der Waals surface area contributed by atoms with Crippen molar-refractivity contribution in [2.24, 2.45) is 0 Å². The summed E-state index contributed by atoms with van der Waals surface area (Å²) in [5.41, 5.74) is -0.403. The number of pyridine rings is 1. The molecule has 1 saturated heterocycles. The smallest absolute Gasteiger partial charge is 0.410 e. The summed E-state index contributed by atoms with van der Waals surface area (Å²) in [6.45, 7) is 6.45. The van der Waals surface area contributed by atoms with Gasteiger partial charge in [0.25, 0.3) is 0 Å². The van der Waals surface area contributed by atoms with Gasteiger partial charge in [-0.2, -0.15) is 0 Å². The number of hydrogen-bond acceptors (Lipinski definition) is 6. The fourth-order valence-corrected chi connectivity index (χ4v) is 2.65. The summed E-state index contributed by atoms with van der Waals surface area (Å²) in [5, 5.41) is 14.4. The van der Waals surface area contributed by atoms with Crippen molar-refractivity contribution in [1.29, 1.82) is 0 Å². The third-order valence-electron chi connectivity index (χ3n) is 3.48. The summed E-state index contributed by atoms with van der Waals surface area (Å²) in [5.74, 6) is 0. The van der Waals surface area contributed by atoms with Crippen LogP contribution in [-0.2, 0) is 4.74 Å². The maximum atomic E-state index is 12.2. The molecule has 1 atom stereocenters. The molecule has 8 nitrogen and oxygen atoms in total. The fraction of sp³-hybridized carbons (Fsp3) is 0.600. The number of aromatic nitrogens is 1. The van der Waals surface area contributed by atoms with Crippen LogP contribution in [0.15, 0.2) is 12.3 Å². The van der Waals surface area contributed by atoms with Crippen LogP contribution in [0.4, 0.5) is 16.2 Å². The molecule has 1 aliphatic heterocycles. The molecule has 1 aromatic heterocycles. The third kappa shape index (κ3) is 4.95. The molecule has 0 spiro atoms. The number of amides is 1. The van der Waals surface area contributed by atoms with E-state index in [1.54, 1.807) is 4.90 Å². The lowest BCUT2D eigenvalue weighted by atomic mass is 10.1. The minimum Gasteiger partial charge on any atom is -0.444 e. The second-order valence-corrected chi connectivity index (χ2v) is 7.08. The number of piperidine rings is 1. The first-order valence-electron chi connectivity index (χ1n) is 7.70. The van der Waals surface area contributed by atoms with Crippen LogP contribution in [0.3, 0.4) is 0 Å². The van der Waals surface area contributed by atoms with Gasteiger partial charge >= 0.3 is 11.8 Å². The van der Waals surface area contributed by atoms with Gasteiger partial charge < -0.3 is 15.0 Å². The number of likely N-dealkylation sites (tertiary alicyclic amines) is 1. The van der Waals surface area contributed by atoms with Gasteiger partial charge in [0.2, 0.25) is 0 Å². The summed E-state index contributed by atoms with van der Waals surface area (Å²) in [6.07, 6.45) is 2.32. The van der Waals surface area contributed by atoms with Crippen LogP contribution in [-0.4, -0.2) is 45.6 Å². The highest BCUT2D eigenvalue weighted by atomic mass is 35.5. The van der Waals surface area contributed by atoms with Crippen molar-refractivity contribution in [3.8, 4) is 0 Å². The van der Waals surface area contributed by atoms with E-state index in [0.29, 0.717) is 18.8 Å². The van der Waals surface area contributed by atoms with E-state index in [9.17, 15) is 14.9 Å². The van der Waals surface area contributed by atoms with Crippen LogP contribution >= 0.6 is 11.6 Å². The Balaban J connectivity index is 2.07. The maximum absolute atomic E-state index is 12.2. The Kier molecular flexibility index (Phi) is 5.48. The molecule has 2 heterocycles. The van der Waals surface area contributed by atoms with E-state index >= 15 is 0 Å². The Labute approximate surface area is 145 Å². The topological polar surface area (TPSA) is 97.6 Å². The van der Waals surface area contributed by atoms with Crippen LogP contribution < -0.4 is 5.32 Å². The van der Waals surface area contributed by atoms with Crippen molar-refractivity contribution >= 4 is 29.1 Å². The quantitative estimate of drug-likeness (QED) is 0.506. The Bertz CT molecular complexity index is 632. The molecule has 0 saturated carbocycles.